The quantitative estimate of drug-likeness (QED) is 0.900. The molecule has 0 aliphatic heterocycles. The number of benzene rings is 1. The molecule has 1 unspecified atom stereocenters. The van der Waals surface area contributed by atoms with E-state index in [0.29, 0.717) is 6.42 Å². The summed E-state index contributed by atoms with van der Waals surface area (Å²) >= 11 is 0. The van der Waals surface area contributed by atoms with Crippen molar-refractivity contribution in [2.45, 2.75) is 32.8 Å². The molecule has 1 heterocycles. The third kappa shape index (κ3) is 2.79. The molecule has 3 nitrogen and oxygen atoms in total. The number of nitrogens with zero attached hydrogens (tertiary/aromatic N) is 2. The summed E-state index contributed by atoms with van der Waals surface area (Å²) < 4.78 is 1.76. The SMILES string of the molecule is Cc1cc(C)cc(C(C)(O)Cc2cnn(C)c2)c1. The molecule has 0 aliphatic rings. The molecular weight excluding hydrogens is 224 g/mol. The predicted octanol–water partition coefficient (Wildman–Crippen LogP) is 2.49. The van der Waals surface area contributed by atoms with Crippen LogP contribution in [-0.4, -0.2) is 14.9 Å². The average Bonchev–Trinajstić information content (AvgIpc) is 2.61. The van der Waals surface area contributed by atoms with Crippen molar-refractivity contribution in [2.24, 2.45) is 7.05 Å². The number of hydrogen-bond acceptors (Lipinski definition) is 2. The van der Waals surface area contributed by atoms with Gasteiger partial charge in [0, 0.05) is 19.7 Å². The molecule has 0 saturated heterocycles. The molecule has 1 atom stereocenters. The van der Waals surface area contributed by atoms with Crippen molar-refractivity contribution in [2.75, 3.05) is 0 Å². The van der Waals surface area contributed by atoms with Crippen LogP contribution in [0, 0.1) is 13.8 Å². The van der Waals surface area contributed by atoms with Crippen LogP contribution in [-0.2, 0) is 19.1 Å². The highest BCUT2D eigenvalue weighted by Gasteiger charge is 2.24. The number of rotatable bonds is 3. The zero-order chi connectivity index (χ0) is 13.3. The van der Waals surface area contributed by atoms with Crippen molar-refractivity contribution >= 4 is 0 Å². The van der Waals surface area contributed by atoms with Crippen molar-refractivity contribution in [1.82, 2.24) is 9.78 Å². The highest BCUT2D eigenvalue weighted by Crippen LogP contribution is 2.26. The van der Waals surface area contributed by atoms with Crippen molar-refractivity contribution in [3.63, 3.8) is 0 Å². The van der Waals surface area contributed by atoms with Crippen molar-refractivity contribution in [1.29, 1.82) is 0 Å². The molecule has 0 amide bonds. The Hall–Kier alpha value is -1.61. The zero-order valence-electron chi connectivity index (χ0n) is 11.4. The molecule has 0 aliphatic carbocycles. The Morgan fingerprint density at radius 3 is 2.33 bits per heavy atom. The summed E-state index contributed by atoms with van der Waals surface area (Å²) in [7, 11) is 1.88. The van der Waals surface area contributed by atoms with Crippen LogP contribution < -0.4 is 0 Å². The van der Waals surface area contributed by atoms with E-state index in [2.05, 4.69) is 25.0 Å². The van der Waals surface area contributed by atoms with Gasteiger partial charge in [0.05, 0.1) is 11.8 Å². The summed E-state index contributed by atoms with van der Waals surface area (Å²) in [5, 5.41) is 14.8. The molecule has 1 aromatic carbocycles. The smallest absolute Gasteiger partial charge is 0.0910 e. The molecule has 3 heteroatoms. The monoisotopic (exact) mass is 244 g/mol. The average molecular weight is 244 g/mol. The Balaban J connectivity index is 2.29. The molecule has 0 bridgehead atoms. The van der Waals surface area contributed by atoms with Gasteiger partial charge in [0.1, 0.15) is 0 Å². The van der Waals surface area contributed by atoms with Crippen molar-refractivity contribution in [3.8, 4) is 0 Å². The van der Waals surface area contributed by atoms with Crippen molar-refractivity contribution < 1.29 is 5.11 Å². The number of hydrogen-bond donors (Lipinski definition) is 1. The van der Waals surface area contributed by atoms with Gasteiger partial charge in [-0.1, -0.05) is 29.3 Å². The number of aliphatic hydroxyl groups is 1. The number of aromatic nitrogens is 2. The van der Waals surface area contributed by atoms with Gasteiger partial charge in [0.2, 0.25) is 0 Å². The van der Waals surface area contributed by atoms with Crippen LogP contribution in [0.2, 0.25) is 0 Å². The van der Waals surface area contributed by atoms with E-state index in [1.807, 2.05) is 32.3 Å². The Morgan fingerprint density at radius 2 is 1.83 bits per heavy atom. The van der Waals surface area contributed by atoms with Gasteiger partial charge in [-0.2, -0.15) is 5.10 Å². The maximum Gasteiger partial charge on any atom is 0.0910 e. The fourth-order valence-corrected chi connectivity index (χ4v) is 2.35. The van der Waals surface area contributed by atoms with Gasteiger partial charge < -0.3 is 5.11 Å². The topological polar surface area (TPSA) is 38.1 Å². The van der Waals surface area contributed by atoms with Crippen LogP contribution in [0.25, 0.3) is 0 Å². The largest absolute Gasteiger partial charge is 0.385 e. The minimum absolute atomic E-state index is 0.573. The van der Waals surface area contributed by atoms with E-state index in [9.17, 15) is 5.11 Å². The third-order valence-corrected chi connectivity index (χ3v) is 3.15. The Kier molecular flexibility index (Phi) is 3.26. The molecule has 2 rings (SSSR count). The first-order chi connectivity index (χ1) is 8.37. The molecule has 1 N–H and O–H groups in total. The normalized spacial score (nSPS) is 14.5. The third-order valence-electron chi connectivity index (χ3n) is 3.15. The maximum absolute atomic E-state index is 10.7. The molecule has 0 saturated carbocycles. The first-order valence-corrected chi connectivity index (χ1v) is 6.15. The Bertz CT molecular complexity index is 535. The highest BCUT2D eigenvalue weighted by molar-refractivity contribution is 5.33. The fourth-order valence-electron chi connectivity index (χ4n) is 2.35. The molecule has 2 aromatic rings. The lowest BCUT2D eigenvalue weighted by atomic mass is 9.88. The standard InChI is InChI=1S/C15H20N2O/c1-11-5-12(2)7-14(6-11)15(3,18)8-13-9-16-17(4)10-13/h5-7,9-10,18H,8H2,1-4H3. The van der Waals surface area contributed by atoms with E-state index in [1.165, 1.54) is 11.1 Å². The Labute approximate surface area is 108 Å². The molecule has 0 radical (unpaired) electrons. The van der Waals surface area contributed by atoms with Crippen LogP contribution in [0.3, 0.4) is 0 Å². The summed E-state index contributed by atoms with van der Waals surface area (Å²) in [6, 6.07) is 6.20. The van der Waals surface area contributed by atoms with Gasteiger partial charge in [-0.3, -0.25) is 4.68 Å². The zero-order valence-corrected chi connectivity index (χ0v) is 11.4. The van der Waals surface area contributed by atoms with E-state index in [-0.39, 0.29) is 0 Å². The second-order valence-corrected chi connectivity index (χ2v) is 5.35. The van der Waals surface area contributed by atoms with E-state index < -0.39 is 5.60 Å². The first kappa shape index (κ1) is 12.8. The van der Waals surface area contributed by atoms with Crippen LogP contribution in [0.1, 0.15) is 29.2 Å². The summed E-state index contributed by atoms with van der Waals surface area (Å²) in [5.74, 6) is 0. The molecule has 0 fully saturated rings. The van der Waals surface area contributed by atoms with Crippen LogP contribution in [0.4, 0.5) is 0 Å². The van der Waals surface area contributed by atoms with Crippen LogP contribution in [0.5, 0.6) is 0 Å². The van der Waals surface area contributed by atoms with E-state index in [4.69, 9.17) is 0 Å². The summed E-state index contributed by atoms with van der Waals surface area (Å²) in [4.78, 5) is 0. The molecule has 1 aromatic heterocycles. The second kappa shape index (κ2) is 4.58. The lowest BCUT2D eigenvalue weighted by Crippen LogP contribution is -2.24. The van der Waals surface area contributed by atoms with Gasteiger partial charge in [0.15, 0.2) is 0 Å². The molecule has 0 spiro atoms. The first-order valence-electron chi connectivity index (χ1n) is 6.15. The van der Waals surface area contributed by atoms with Crippen molar-refractivity contribution in [3.05, 3.63) is 52.8 Å². The molecular formula is C15H20N2O. The van der Waals surface area contributed by atoms with Gasteiger partial charge in [0.25, 0.3) is 0 Å². The molecule has 18 heavy (non-hydrogen) atoms. The van der Waals surface area contributed by atoms with Gasteiger partial charge in [-0.25, -0.2) is 0 Å². The lowest BCUT2D eigenvalue weighted by molar-refractivity contribution is 0.0575. The lowest BCUT2D eigenvalue weighted by Gasteiger charge is -2.24. The second-order valence-electron chi connectivity index (χ2n) is 5.35. The minimum atomic E-state index is -0.861. The van der Waals surface area contributed by atoms with Crippen LogP contribution >= 0.6 is 0 Å². The Morgan fingerprint density at radius 1 is 1.22 bits per heavy atom. The van der Waals surface area contributed by atoms with Crippen LogP contribution in [0.15, 0.2) is 30.6 Å². The van der Waals surface area contributed by atoms with Gasteiger partial charge in [-0.05, 0) is 31.9 Å². The maximum atomic E-state index is 10.7. The van der Waals surface area contributed by atoms with E-state index in [1.54, 1.807) is 10.9 Å². The summed E-state index contributed by atoms with van der Waals surface area (Å²) in [6.45, 7) is 5.96. The summed E-state index contributed by atoms with van der Waals surface area (Å²) in [6.07, 6.45) is 4.32. The summed E-state index contributed by atoms with van der Waals surface area (Å²) in [5.41, 5.74) is 3.50. The highest BCUT2D eigenvalue weighted by atomic mass is 16.3. The van der Waals surface area contributed by atoms with Gasteiger partial charge in [-0.15, -0.1) is 0 Å². The van der Waals surface area contributed by atoms with E-state index in [0.717, 1.165) is 11.1 Å². The number of aryl methyl sites for hydroxylation is 3. The van der Waals surface area contributed by atoms with E-state index >= 15 is 0 Å². The van der Waals surface area contributed by atoms with Gasteiger partial charge >= 0.3 is 0 Å². The predicted molar refractivity (Wildman–Crippen MR) is 72.4 cm³/mol. The minimum Gasteiger partial charge on any atom is -0.385 e. The molecule has 96 valence electrons. The fraction of sp³-hybridized carbons (Fsp3) is 0.400.